The van der Waals surface area contributed by atoms with Gasteiger partial charge >= 0.3 is 0 Å². The first-order chi connectivity index (χ1) is 12.1. The zero-order valence-electron chi connectivity index (χ0n) is 14.4. The first kappa shape index (κ1) is 16.9. The number of carbonyl (C=O) groups excluding carboxylic acids is 1. The van der Waals surface area contributed by atoms with E-state index in [4.69, 9.17) is 4.74 Å². The van der Waals surface area contributed by atoms with Gasteiger partial charge in [-0.25, -0.2) is 0 Å². The Kier molecular flexibility index (Phi) is 5.26. The number of ether oxygens (including phenoxy) is 1. The van der Waals surface area contributed by atoms with Crippen molar-refractivity contribution in [2.75, 3.05) is 32.6 Å². The molecule has 1 amide bonds. The van der Waals surface area contributed by atoms with Gasteiger partial charge in [0.1, 0.15) is 12.4 Å². The predicted molar refractivity (Wildman–Crippen MR) is 100 cm³/mol. The van der Waals surface area contributed by atoms with Crippen molar-refractivity contribution in [1.82, 2.24) is 9.88 Å². The highest BCUT2D eigenvalue weighted by Crippen LogP contribution is 2.23. The third-order valence-electron chi connectivity index (χ3n) is 3.85. The molecule has 1 N–H and O–H groups in total. The predicted octanol–water partition coefficient (Wildman–Crippen LogP) is 3.43. The Morgan fingerprint density at radius 2 is 1.92 bits per heavy atom. The average Bonchev–Trinajstić information content (AvgIpc) is 2.62. The molecule has 3 aromatic rings. The molecule has 5 nitrogen and oxygen atoms in total. The lowest BCUT2D eigenvalue weighted by Crippen LogP contribution is -2.19. The normalized spacial score (nSPS) is 10.8. The number of rotatable bonds is 6. The fraction of sp³-hybridized carbons (Fsp3) is 0.200. The van der Waals surface area contributed by atoms with Gasteiger partial charge in [0, 0.05) is 41.0 Å². The molecule has 0 aliphatic carbocycles. The molecule has 1 heterocycles. The lowest BCUT2D eigenvalue weighted by Gasteiger charge is -2.11. The van der Waals surface area contributed by atoms with Crippen LogP contribution in [0.15, 0.2) is 60.9 Å². The average molecular weight is 335 g/mol. The molecule has 0 spiro atoms. The molecule has 0 radical (unpaired) electrons. The first-order valence-electron chi connectivity index (χ1n) is 8.15. The maximum absolute atomic E-state index is 12.5. The molecular formula is C20H21N3O2. The topological polar surface area (TPSA) is 54.5 Å². The summed E-state index contributed by atoms with van der Waals surface area (Å²) in [6.07, 6.45) is 3.50. The van der Waals surface area contributed by atoms with E-state index in [1.165, 1.54) is 0 Å². The number of anilines is 1. The van der Waals surface area contributed by atoms with Gasteiger partial charge in [-0.3, -0.25) is 9.78 Å². The van der Waals surface area contributed by atoms with Gasteiger partial charge < -0.3 is 15.0 Å². The molecule has 0 aliphatic rings. The van der Waals surface area contributed by atoms with Crippen molar-refractivity contribution in [1.29, 1.82) is 0 Å². The van der Waals surface area contributed by atoms with E-state index in [1.54, 1.807) is 24.5 Å². The van der Waals surface area contributed by atoms with Crippen LogP contribution in [-0.4, -0.2) is 43.0 Å². The molecule has 2 aromatic carbocycles. The van der Waals surface area contributed by atoms with Crippen molar-refractivity contribution in [3.63, 3.8) is 0 Å². The van der Waals surface area contributed by atoms with Crippen LogP contribution in [0.25, 0.3) is 10.8 Å². The van der Waals surface area contributed by atoms with E-state index in [0.717, 1.165) is 28.8 Å². The van der Waals surface area contributed by atoms with Gasteiger partial charge in [-0.2, -0.15) is 0 Å². The molecule has 3 rings (SSSR count). The van der Waals surface area contributed by atoms with Crippen LogP contribution >= 0.6 is 0 Å². The van der Waals surface area contributed by atoms with Crippen molar-refractivity contribution in [2.45, 2.75) is 0 Å². The molecule has 1 aromatic heterocycles. The Morgan fingerprint density at radius 3 is 2.68 bits per heavy atom. The Labute approximate surface area is 147 Å². The number of carbonyl (C=O) groups is 1. The van der Waals surface area contributed by atoms with Crippen molar-refractivity contribution in [3.05, 3.63) is 66.5 Å². The van der Waals surface area contributed by atoms with Gasteiger partial charge in [-0.15, -0.1) is 0 Å². The van der Waals surface area contributed by atoms with Gasteiger partial charge in [0.2, 0.25) is 0 Å². The standard InChI is InChI=1S/C20H21N3O2/c1-23(2)12-13-25-17-8-6-15(7-9-17)20(24)22-19-5-3-4-16-14-21-11-10-18(16)19/h3-11,14H,12-13H2,1-2H3,(H,22,24). The summed E-state index contributed by atoms with van der Waals surface area (Å²) >= 11 is 0. The second-order valence-electron chi connectivity index (χ2n) is 6.03. The number of fused-ring (bicyclic) bond motifs is 1. The Balaban J connectivity index is 1.68. The first-order valence-corrected chi connectivity index (χ1v) is 8.15. The summed E-state index contributed by atoms with van der Waals surface area (Å²) in [5, 5.41) is 4.92. The fourth-order valence-corrected chi connectivity index (χ4v) is 2.47. The number of benzene rings is 2. The molecule has 5 heteroatoms. The van der Waals surface area contributed by atoms with Crippen LogP contribution in [0.1, 0.15) is 10.4 Å². The number of hydrogen-bond acceptors (Lipinski definition) is 4. The molecule has 128 valence electrons. The SMILES string of the molecule is CN(C)CCOc1ccc(C(=O)Nc2cccc3cnccc23)cc1. The maximum atomic E-state index is 12.5. The van der Waals surface area contributed by atoms with E-state index in [2.05, 4.69) is 15.2 Å². The molecule has 25 heavy (non-hydrogen) atoms. The highest BCUT2D eigenvalue weighted by Gasteiger charge is 2.08. The fourth-order valence-electron chi connectivity index (χ4n) is 2.47. The minimum atomic E-state index is -0.149. The summed E-state index contributed by atoms with van der Waals surface area (Å²) in [5.41, 5.74) is 1.36. The molecular weight excluding hydrogens is 314 g/mol. The van der Waals surface area contributed by atoms with E-state index >= 15 is 0 Å². The summed E-state index contributed by atoms with van der Waals surface area (Å²) in [6, 6.07) is 14.8. The summed E-state index contributed by atoms with van der Waals surface area (Å²) < 4.78 is 5.65. The Hall–Kier alpha value is -2.92. The van der Waals surface area contributed by atoms with Crippen LogP contribution in [0.3, 0.4) is 0 Å². The molecule has 0 saturated heterocycles. The number of hydrogen-bond donors (Lipinski definition) is 1. The second-order valence-corrected chi connectivity index (χ2v) is 6.03. The summed E-state index contributed by atoms with van der Waals surface area (Å²) in [4.78, 5) is 18.7. The highest BCUT2D eigenvalue weighted by molar-refractivity contribution is 6.09. The van der Waals surface area contributed by atoms with Gasteiger partial charge in [-0.05, 0) is 50.5 Å². The maximum Gasteiger partial charge on any atom is 0.255 e. The van der Waals surface area contributed by atoms with Crippen LogP contribution in [0.2, 0.25) is 0 Å². The molecule has 0 fully saturated rings. The van der Waals surface area contributed by atoms with Crippen LogP contribution in [-0.2, 0) is 0 Å². The molecule has 0 unspecified atom stereocenters. The van der Waals surface area contributed by atoms with Crippen molar-refractivity contribution in [3.8, 4) is 5.75 Å². The van der Waals surface area contributed by atoms with Crippen LogP contribution < -0.4 is 10.1 Å². The number of likely N-dealkylation sites (N-methyl/N-ethyl adjacent to an activating group) is 1. The van der Waals surface area contributed by atoms with E-state index in [-0.39, 0.29) is 5.91 Å². The molecule has 0 bridgehead atoms. The van der Waals surface area contributed by atoms with Gasteiger partial charge in [0.25, 0.3) is 5.91 Å². The van der Waals surface area contributed by atoms with Crippen LogP contribution in [0.5, 0.6) is 5.75 Å². The van der Waals surface area contributed by atoms with Crippen molar-refractivity contribution in [2.24, 2.45) is 0 Å². The monoisotopic (exact) mass is 335 g/mol. The zero-order chi connectivity index (χ0) is 17.6. The second kappa shape index (κ2) is 7.77. The third-order valence-corrected chi connectivity index (χ3v) is 3.85. The lowest BCUT2D eigenvalue weighted by atomic mass is 10.1. The van der Waals surface area contributed by atoms with Gasteiger partial charge in [0.15, 0.2) is 0 Å². The Bertz CT molecular complexity index is 855. The minimum Gasteiger partial charge on any atom is -0.492 e. The van der Waals surface area contributed by atoms with Gasteiger partial charge in [-0.1, -0.05) is 12.1 Å². The van der Waals surface area contributed by atoms with Gasteiger partial charge in [0.05, 0.1) is 0 Å². The molecule has 0 saturated carbocycles. The Morgan fingerprint density at radius 1 is 1.12 bits per heavy atom. The summed E-state index contributed by atoms with van der Waals surface area (Å²) in [6.45, 7) is 1.46. The van der Waals surface area contributed by atoms with Crippen molar-refractivity contribution < 1.29 is 9.53 Å². The number of aromatic nitrogens is 1. The molecule has 0 atom stereocenters. The minimum absolute atomic E-state index is 0.149. The largest absolute Gasteiger partial charge is 0.492 e. The number of pyridine rings is 1. The smallest absolute Gasteiger partial charge is 0.255 e. The van der Waals surface area contributed by atoms with E-state index in [9.17, 15) is 4.79 Å². The van der Waals surface area contributed by atoms with Crippen molar-refractivity contribution >= 4 is 22.4 Å². The number of amides is 1. The van der Waals surface area contributed by atoms with Crippen LogP contribution in [0, 0.1) is 0 Å². The summed E-state index contributed by atoms with van der Waals surface area (Å²) in [5.74, 6) is 0.610. The van der Waals surface area contributed by atoms with E-state index in [0.29, 0.717) is 12.2 Å². The van der Waals surface area contributed by atoms with E-state index in [1.807, 2.05) is 50.5 Å². The van der Waals surface area contributed by atoms with E-state index < -0.39 is 0 Å². The lowest BCUT2D eigenvalue weighted by molar-refractivity contribution is 0.102. The number of nitrogens with one attached hydrogen (secondary N) is 1. The quantitative estimate of drug-likeness (QED) is 0.750. The van der Waals surface area contributed by atoms with Crippen LogP contribution in [0.4, 0.5) is 5.69 Å². The zero-order valence-corrected chi connectivity index (χ0v) is 14.4. The third kappa shape index (κ3) is 4.33. The summed E-state index contributed by atoms with van der Waals surface area (Å²) in [7, 11) is 4.00. The highest BCUT2D eigenvalue weighted by atomic mass is 16.5. The number of nitrogens with zero attached hydrogens (tertiary/aromatic N) is 2. The molecule has 0 aliphatic heterocycles.